The zero-order valence-electron chi connectivity index (χ0n) is 13.7. The Morgan fingerprint density at radius 3 is 2.86 bits per heavy atom. The van der Waals surface area contributed by atoms with E-state index in [2.05, 4.69) is 42.3 Å². The van der Waals surface area contributed by atoms with Crippen molar-refractivity contribution in [3.8, 4) is 0 Å². The standard InChI is InChI=1S/C16H30N4O/c1-4-7-19-9-10-21-15(13-19)16(17-6-3)14-11-18-20(12-14)8-5-2/h11-12,15-17H,4-10,13H2,1-3H3. The van der Waals surface area contributed by atoms with Gasteiger partial charge >= 0.3 is 0 Å². The molecule has 0 aliphatic carbocycles. The van der Waals surface area contributed by atoms with Gasteiger partial charge in [0, 0.05) is 31.4 Å². The van der Waals surface area contributed by atoms with Crippen LogP contribution in [0.4, 0.5) is 0 Å². The average Bonchev–Trinajstić information content (AvgIpc) is 2.94. The largest absolute Gasteiger partial charge is 0.374 e. The second-order valence-corrected chi connectivity index (χ2v) is 5.78. The van der Waals surface area contributed by atoms with Gasteiger partial charge in [0.05, 0.1) is 24.9 Å². The van der Waals surface area contributed by atoms with Crippen LogP contribution < -0.4 is 5.32 Å². The maximum Gasteiger partial charge on any atom is 0.0898 e. The van der Waals surface area contributed by atoms with Gasteiger partial charge in [0.1, 0.15) is 0 Å². The molecule has 0 bridgehead atoms. The van der Waals surface area contributed by atoms with Gasteiger partial charge < -0.3 is 10.1 Å². The molecule has 0 saturated carbocycles. The monoisotopic (exact) mass is 294 g/mol. The fourth-order valence-electron chi connectivity index (χ4n) is 3.03. The molecule has 2 rings (SSSR count). The number of hydrogen-bond donors (Lipinski definition) is 1. The first-order valence-electron chi connectivity index (χ1n) is 8.38. The minimum absolute atomic E-state index is 0.213. The Morgan fingerprint density at radius 2 is 2.14 bits per heavy atom. The second-order valence-electron chi connectivity index (χ2n) is 5.78. The van der Waals surface area contributed by atoms with Crippen LogP contribution in [-0.2, 0) is 11.3 Å². The summed E-state index contributed by atoms with van der Waals surface area (Å²) >= 11 is 0. The molecule has 1 N–H and O–H groups in total. The Kier molecular flexibility index (Phi) is 6.67. The third kappa shape index (κ3) is 4.53. The fraction of sp³-hybridized carbons (Fsp3) is 0.812. The number of likely N-dealkylation sites (N-methyl/N-ethyl adjacent to an activating group) is 1. The summed E-state index contributed by atoms with van der Waals surface area (Å²) in [6.45, 7) is 12.5. The van der Waals surface area contributed by atoms with Gasteiger partial charge in [-0.3, -0.25) is 9.58 Å². The fourth-order valence-corrected chi connectivity index (χ4v) is 3.03. The van der Waals surface area contributed by atoms with Crippen LogP contribution in [0.15, 0.2) is 12.4 Å². The van der Waals surface area contributed by atoms with E-state index < -0.39 is 0 Å². The van der Waals surface area contributed by atoms with Crippen LogP contribution in [0.25, 0.3) is 0 Å². The van der Waals surface area contributed by atoms with Crippen molar-refractivity contribution >= 4 is 0 Å². The molecule has 120 valence electrons. The van der Waals surface area contributed by atoms with Crippen LogP contribution in [0.2, 0.25) is 0 Å². The Morgan fingerprint density at radius 1 is 1.33 bits per heavy atom. The lowest BCUT2D eigenvalue weighted by Crippen LogP contribution is -2.48. The van der Waals surface area contributed by atoms with Gasteiger partial charge in [-0.15, -0.1) is 0 Å². The van der Waals surface area contributed by atoms with Crippen LogP contribution in [-0.4, -0.2) is 53.6 Å². The summed E-state index contributed by atoms with van der Waals surface area (Å²) < 4.78 is 8.09. The van der Waals surface area contributed by atoms with Crippen LogP contribution in [0, 0.1) is 0 Å². The molecule has 1 aromatic rings. The summed E-state index contributed by atoms with van der Waals surface area (Å²) in [6, 6.07) is 0.236. The molecule has 2 unspecified atom stereocenters. The van der Waals surface area contributed by atoms with Crippen LogP contribution >= 0.6 is 0 Å². The molecule has 1 aromatic heterocycles. The van der Waals surface area contributed by atoms with E-state index >= 15 is 0 Å². The first-order chi connectivity index (χ1) is 10.3. The van der Waals surface area contributed by atoms with Crippen LogP contribution in [0.5, 0.6) is 0 Å². The smallest absolute Gasteiger partial charge is 0.0898 e. The highest BCUT2D eigenvalue weighted by Gasteiger charge is 2.29. The van der Waals surface area contributed by atoms with E-state index in [4.69, 9.17) is 4.74 Å². The zero-order valence-corrected chi connectivity index (χ0v) is 13.7. The number of ether oxygens (including phenoxy) is 1. The van der Waals surface area contributed by atoms with E-state index in [1.165, 1.54) is 12.0 Å². The number of morpholine rings is 1. The molecule has 21 heavy (non-hydrogen) atoms. The number of nitrogens with zero attached hydrogens (tertiary/aromatic N) is 3. The minimum atomic E-state index is 0.213. The molecular formula is C16H30N4O. The maximum absolute atomic E-state index is 6.05. The summed E-state index contributed by atoms with van der Waals surface area (Å²) in [5.74, 6) is 0. The van der Waals surface area contributed by atoms with Gasteiger partial charge in [-0.2, -0.15) is 5.10 Å². The number of hydrogen-bond acceptors (Lipinski definition) is 4. The van der Waals surface area contributed by atoms with Gasteiger partial charge in [0.2, 0.25) is 0 Å². The average molecular weight is 294 g/mol. The lowest BCUT2D eigenvalue weighted by atomic mass is 10.0. The van der Waals surface area contributed by atoms with Crippen molar-refractivity contribution in [2.24, 2.45) is 0 Å². The van der Waals surface area contributed by atoms with Crippen molar-refractivity contribution in [3.63, 3.8) is 0 Å². The van der Waals surface area contributed by atoms with Gasteiger partial charge in [-0.05, 0) is 25.9 Å². The predicted octanol–water partition coefficient (Wildman–Crippen LogP) is 2.05. The Labute approximate surface area is 128 Å². The summed E-state index contributed by atoms with van der Waals surface area (Å²) in [4.78, 5) is 2.51. The number of aromatic nitrogens is 2. The van der Waals surface area contributed by atoms with E-state index in [9.17, 15) is 0 Å². The number of nitrogens with one attached hydrogen (secondary N) is 1. The Bertz CT molecular complexity index is 405. The molecule has 2 heterocycles. The summed E-state index contributed by atoms with van der Waals surface area (Å²) in [5, 5.41) is 8.05. The lowest BCUT2D eigenvalue weighted by Gasteiger charge is -2.37. The van der Waals surface area contributed by atoms with Gasteiger partial charge in [0.25, 0.3) is 0 Å². The van der Waals surface area contributed by atoms with Crippen molar-refractivity contribution in [2.45, 2.75) is 52.3 Å². The van der Waals surface area contributed by atoms with Crippen LogP contribution in [0.1, 0.15) is 45.2 Å². The Balaban J connectivity index is 2.05. The molecule has 1 saturated heterocycles. The highest BCUT2D eigenvalue weighted by molar-refractivity contribution is 5.13. The molecule has 0 amide bonds. The summed E-state index contributed by atoms with van der Waals surface area (Å²) in [5.41, 5.74) is 1.24. The minimum Gasteiger partial charge on any atom is -0.374 e. The maximum atomic E-state index is 6.05. The lowest BCUT2D eigenvalue weighted by molar-refractivity contribution is -0.0468. The first kappa shape index (κ1) is 16.5. The SMILES string of the molecule is CCCN1CCOC(C(NCC)c2cnn(CCC)c2)C1. The van der Waals surface area contributed by atoms with E-state index in [1.807, 2.05) is 10.9 Å². The van der Waals surface area contributed by atoms with Crippen LogP contribution in [0.3, 0.4) is 0 Å². The first-order valence-corrected chi connectivity index (χ1v) is 8.38. The van der Waals surface area contributed by atoms with E-state index in [0.717, 1.165) is 45.8 Å². The third-order valence-corrected chi connectivity index (χ3v) is 3.98. The number of aryl methyl sites for hydroxylation is 1. The quantitative estimate of drug-likeness (QED) is 0.797. The second kappa shape index (κ2) is 8.51. The van der Waals surface area contributed by atoms with Crippen molar-refractivity contribution in [2.75, 3.05) is 32.8 Å². The van der Waals surface area contributed by atoms with E-state index in [0.29, 0.717) is 0 Å². The van der Waals surface area contributed by atoms with E-state index in [-0.39, 0.29) is 12.1 Å². The van der Waals surface area contributed by atoms with E-state index in [1.54, 1.807) is 0 Å². The molecule has 0 aromatic carbocycles. The molecule has 1 fully saturated rings. The molecular weight excluding hydrogens is 264 g/mol. The van der Waals surface area contributed by atoms with Crippen molar-refractivity contribution < 1.29 is 4.74 Å². The van der Waals surface area contributed by atoms with Crippen molar-refractivity contribution in [1.29, 1.82) is 0 Å². The molecule has 1 aliphatic rings. The molecule has 2 atom stereocenters. The zero-order chi connectivity index (χ0) is 15.1. The highest BCUT2D eigenvalue weighted by Crippen LogP contribution is 2.22. The normalized spacial score (nSPS) is 21.6. The third-order valence-electron chi connectivity index (χ3n) is 3.98. The van der Waals surface area contributed by atoms with Crippen molar-refractivity contribution in [1.82, 2.24) is 20.0 Å². The molecule has 5 nitrogen and oxygen atoms in total. The topological polar surface area (TPSA) is 42.3 Å². The molecule has 5 heteroatoms. The molecule has 1 aliphatic heterocycles. The molecule has 0 radical (unpaired) electrons. The van der Waals surface area contributed by atoms with Crippen molar-refractivity contribution in [3.05, 3.63) is 18.0 Å². The Hall–Kier alpha value is -0.910. The van der Waals surface area contributed by atoms with Gasteiger partial charge in [-0.1, -0.05) is 20.8 Å². The number of rotatable bonds is 8. The summed E-state index contributed by atoms with van der Waals surface area (Å²) in [6.07, 6.45) is 6.68. The summed E-state index contributed by atoms with van der Waals surface area (Å²) in [7, 11) is 0. The van der Waals surface area contributed by atoms with Gasteiger partial charge in [0.15, 0.2) is 0 Å². The predicted molar refractivity (Wildman–Crippen MR) is 85.4 cm³/mol. The van der Waals surface area contributed by atoms with Gasteiger partial charge in [-0.25, -0.2) is 0 Å². The highest BCUT2D eigenvalue weighted by atomic mass is 16.5. The molecule has 0 spiro atoms.